The van der Waals surface area contributed by atoms with Crippen LogP contribution in [-0.2, 0) is 33.5 Å². The Morgan fingerprint density at radius 3 is 2.76 bits per heavy atom. The van der Waals surface area contributed by atoms with Crippen LogP contribution in [0.3, 0.4) is 0 Å². The molecule has 7 heteroatoms. The van der Waals surface area contributed by atoms with Crippen LogP contribution in [0.25, 0.3) is 0 Å². The van der Waals surface area contributed by atoms with Gasteiger partial charge in [-0.1, -0.05) is 30.3 Å². The van der Waals surface area contributed by atoms with E-state index in [0.717, 1.165) is 16.3 Å². The first kappa shape index (κ1) is 16.1. The maximum Gasteiger partial charge on any atom is 0.215 e. The summed E-state index contributed by atoms with van der Waals surface area (Å²) in [6.07, 6.45) is 0.578. The first-order valence-electron chi connectivity index (χ1n) is 6.52. The molecule has 21 heavy (non-hydrogen) atoms. The summed E-state index contributed by atoms with van der Waals surface area (Å²) in [6, 6.07) is 9.13. The van der Waals surface area contributed by atoms with E-state index in [-0.39, 0.29) is 5.75 Å². The zero-order valence-electron chi connectivity index (χ0n) is 11.8. The zero-order valence-corrected chi connectivity index (χ0v) is 13.4. The third-order valence-corrected chi connectivity index (χ3v) is 5.00. The Bertz CT molecular complexity index is 654. The molecule has 0 saturated carbocycles. The molecule has 0 amide bonds. The first-order valence-corrected chi connectivity index (χ1v) is 9.06. The summed E-state index contributed by atoms with van der Waals surface area (Å²) < 4.78 is 31.5. The lowest BCUT2D eigenvalue weighted by Crippen LogP contribution is -2.27. The van der Waals surface area contributed by atoms with Crippen molar-refractivity contribution in [3.63, 3.8) is 0 Å². The number of methoxy groups -OCH3 is 1. The Morgan fingerprint density at radius 2 is 2.05 bits per heavy atom. The molecule has 0 saturated heterocycles. The highest BCUT2D eigenvalue weighted by molar-refractivity contribution is 7.88. The molecule has 0 aliphatic rings. The molecule has 0 aliphatic carbocycles. The van der Waals surface area contributed by atoms with Gasteiger partial charge in [0.15, 0.2) is 0 Å². The molecular formula is C14H18N2O3S2. The lowest BCUT2D eigenvalue weighted by molar-refractivity contribution is 0.184. The molecular weight excluding hydrogens is 308 g/mol. The van der Waals surface area contributed by atoms with Gasteiger partial charge in [0, 0.05) is 25.5 Å². The lowest BCUT2D eigenvalue weighted by atomic mass is 10.2. The Labute approximate surface area is 129 Å². The predicted molar refractivity (Wildman–Crippen MR) is 83.6 cm³/mol. The molecule has 0 spiro atoms. The average molecular weight is 326 g/mol. The summed E-state index contributed by atoms with van der Waals surface area (Å²) in [4.78, 5) is 4.36. The van der Waals surface area contributed by atoms with E-state index >= 15 is 0 Å². The monoisotopic (exact) mass is 326 g/mol. The third-order valence-electron chi connectivity index (χ3n) is 2.77. The van der Waals surface area contributed by atoms with Crippen molar-refractivity contribution in [2.24, 2.45) is 0 Å². The van der Waals surface area contributed by atoms with Gasteiger partial charge in [0.25, 0.3) is 0 Å². The molecule has 1 N–H and O–H groups in total. The summed E-state index contributed by atoms with van der Waals surface area (Å²) in [6.45, 7) is 0.843. The molecule has 2 rings (SSSR count). The van der Waals surface area contributed by atoms with Crippen molar-refractivity contribution >= 4 is 21.4 Å². The van der Waals surface area contributed by atoms with Crippen molar-refractivity contribution in [3.05, 3.63) is 52.0 Å². The lowest BCUT2D eigenvalue weighted by Gasteiger charge is -2.05. The van der Waals surface area contributed by atoms with Crippen LogP contribution in [0.5, 0.6) is 0 Å². The maximum absolute atomic E-state index is 11.9. The highest BCUT2D eigenvalue weighted by Gasteiger charge is 2.11. The first-order chi connectivity index (χ1) is 10.1. The Balaban J connectivity index is 1.81. The average Bonchev–Trinajstić information content (AvgIpc) is 2.87. The number of aromatic nitrogens is 1. The quantitative estimate of drug-likeness (QED) is 0.805. The molecule has 114 valence electrons. The minimum atomic E-state index is -3.31. The topological polar surface area (TPSA) is 68.3 Å². The van der Waals surface area contributed by atoms with Crippen LogP contribution in [-0.4, -0.2) is 27.1 Å². The second kappa shape index (κ2) is 7.65. The molecule has 0 atom stereocenters. The van der Waals surface area contributed by atoms with Gasteiger partial charge in [-0.05, 0) is 5.56 Å². The number of benzene rings is 1. The van der Waals surface area contributed by atoms with Gasteiger partial charge in [0.1, 0.15) is 5.01 Å². The molecule has 1 heterocycles. The van der Waals surface area contributed by atoms with Crippen molar-refractivity contribution < 1.29 is 13.2 Å². The molecule has 0 unspecified atom stereocenters. The summed E-state index contributed by atoms with van der Waals surface area (Å²) in [7, 11) is -1.68. The van der Waals surface area contributed by atoms with Crippen molar-refractivity contribution in [1.82, 2.24) is 9.71 Å². The summed E-state index contributed by atoms with van der Waals surface area (Å²) in [5.74, 6) is -0.000168. The van der Waals surface area contributed by atoms with E-state index in [1.165, 1.54) is 11.3 Å². The van der Waals surface area contributed by atoms with Crippen LogP contribution in [0.4, 0.5) is 0 Å². The normalized spacial score (nSPS) is 11.7. The van der Waals surface area contributed by atoms with Gasteiger partial charge in [-0.25, -0.2) is 18.1 Å². The van der Waals surface area contributed by atoms with Crippen molar-refractivity contribution in [2.45, 2.75) is 18.8 Å². The second-order valence-electron chi connectivity index (χ2n) is 4.55. The molecule has 0 fully saturated rings. The number of ether oxygens (including phenoxy) is 1. The molecule has 0 bridgehead atoms. The fraction of sp³-hybridized carbons (Fsp3) is 0.357. The van der Waals surface area contributed by atoms with Crippen LogP contribution < -0.4 is 4.72 Å². The van der Waals surface area contributed by atoms with Crippen LogP contribution in [0.2, 0.25) is 0 Å². The minimum Gasteiger partial charge on any atom is -0.378 e. The second-order valence-corrected chi connectivity index (χ2v) is 7.30. The SMILES string of the molecule is COCc1nc(CCNS(=O)(=O)Cc2ccccc2)cs1. The highest BCUT2D eigenvalue weighted by atomic mass is 32.2. The van der Waals surface area contributed by atoms with E-state index < -0.39 is 10.0 Å². The number of nitrogens with zero attached hydrogens (tertiary/aromatic N) is 1. The maximum atomic E-state index is 11.9. The number of nitrogens with one attached hydrogen (secondary N) is 1. The van der Waals surface area contributed by atoms with Gasteiger partial charge < -0.3 is 4.74 Å². The molecule has 2 aromatic rings. The summed E-state index contributed by atoms with van der Waals surface area (Å²) in [5, 5.41) is 2.83. The Hall–Kier alpha value is -1.28. The predicted octanol–water partition coefficient (Wildman–Crippen LogP) is 1.95. The van der Waals surface area contributed by atoms with Crippen molar-refractivity contribution in [2.75, 3.05) is 13.7 Å². The highest BCUT2D eigenvalue weighted by Crippen LogP contribution is 2.11. The van der Waals surface area contributed by atoms with Gasteiger partial charge in [-0.3, -0.25) is 0 Å². The van der Waals surface area contributed by atoms with Crippen LogP contribution in [0.1, 0.15) is 16.3 Å². The van der Waals surface area contributed by atoms with Gasteiger partial charge in [0.05, 0.1) is 18.1 Å². The van der Waals surface area contributed by atoms with E-state index in [1.807, 2.05) is 23.6 Å². The Morgan fingerprint density at radius 1 is 1.29 bits per heavy atom. The zero-order chi connectivity index (χ0) is 15.1. The number of sulfonamides is 1. The van der Waals surface area contributed by atoms with Gasteiger partial charge in [-0.2, -0.15) is 0 Å². The van der Waals surface area contributed by atoms with Crippen LogP contribution >= 0.6 is 11.3 Å². The Kier molecular flexibility index (Phi) is 5.86. The van der Waals surface area contributed by atoms with Gasteiger partial charge >= 0.3 is 0 Å². The molecule has 5 nitrogen and oxygen atoms in total. The van der Waals surface area contributed by atoms with Crippen LogP contribution in [0.15, 0.2) is 35.7 Å². The van der Waals surface area contributed by atoms with Gasteiger partial charge in [-0.15, -0.1) is 11.3 Å². The van der Waals surface area contributed by atoms with Crippen LogP contribution in [0, 0.1) is 0 Å². The van der Waals surface area contributed by atoms with E-state index in [0.29, 0.717) is 19.6 Å². The summed E-state index contributed by atoms with van der Waals surface area (Å²) >= 11 is 1.52. The third kappa shape index (κ3) is 5.55. The molecule has 0 radical (unpaired) electrons. The molecule has 1 aromatic carbocycles. The number of hydrogen-bond donors (Lipinski definition) is 1. The summed E-state index contributed by atoms with van der Waals surface area (Å²) in [5.41, 5.74) is 1.66. The minimum absolute atomic E-state index is 0.000168. The fourth-order valence-electron chi connectivity index (χ4n) is 1.83. The van der Waals surface area contributed by atoms with Crippen molar-refractivity contribution in [1.29, 1.82) is 0 Å². The van der Waals surface area contributed by atoms with E-state index in [4.69, 9.17) is 4.74 Å². The fourth-order valence-corrected chi connectivity index (χ4v) is 3.78. The van der Waals surface area contributed by atoms with E-state index in [1.54, 1.807) is 19.2 Å². The number of rotatable bonds is 8. The molecule has 1 aromatic heterocycles. The number of hydrogen-bond acceptors (Lipinski definition) is 5. The molecule has 0 aliphatic heterocycles. The van der Waals surface area contributed by atoms with E-state index in [2.05, 4.69) is 9.71 Å². The smallest absolute Gasteiger partial charge is 0.215 e. The van der Waals surface area contributed by atoms with Gasteiger partial charge in [0.2, 0.25) is 10.0 Å². The number of thiazole rings is 1. The largest absolute Gasteiger partial charge is 0.378 e. The van der Waals surface area contributed by atoms with Crippen molar-refractivity contribution in [3.8, 4) is 0 Å². The van der Waals surface area contributed by atoms with E-state index in [9.17, 15) is 8.42 Å². The standard InChI is InChI=1S/C14H18N2O3S2/c1-19-9-14-16-13(10-20-14)7-8-15-21(17,18)11-12-5-3-2-4-6-12/h2-6,10,15H,7-9,11H2,1H3.